The molecule has 0 saturated carbocycles. The number of nitrogens with zero attached hydrogens (tertiary/aromatic N) is 2. The van der Waals surface area contributed by atoms with E-state index < -0.39 is 6.36 Å². The molecule has 0 aliphatic carbocycles. The lowest BCUT2D eigenvalue weighted by atomic mass is 9.97. The third-order valence-corrected chi connectivity index (χ3v) is 5.86. The summed E-state index contributed by atoms with van der Waals surface area (Å²) in [4.78, 5) is 19.0. The second-order valence-electron chi connectivity index (χ2n) is 6.93. The molecular formula is C20H17F4N3O2S. The number of fused-ring (bicyclic) bond motifs is 1. The van der Waals surface area contributed by atoms with Crippen LogP contribution in [0.15, 0.2) is 42.5 Å². The van der Waals surface area contributed by atoms with Crippen LogP contribution in [0.25, 0.3) is 10.2 Å². The summed E-state index contributed by atoms with van der Waals surface area (Å²) < 4.78 is 55.2. The highest BCUT2D eigenvalue weighted by Gasteiger charge is 2.31. The van der Waals surface area contributed by atoms with Gasteiger partial charge in [0.2, 0.25) is 5.91 Å². The van der Waals surface area contributed by atoms with Gasteiger partial charge in [-0.15, -0.1) is 13.2 Å². The van der Waals surface area contributed by atoms with E-state index in [0.29, 0.717) is 35.8 Å². The second kappa shape index (κ2) is 8.10. The van der Waals surface area contributed by atoms with Gasteiger partial charge in [-0.05, 0) is 49.2 Å². The molecule has 1 amide bonds. The zero-order valence-electron chi connectivity index (χ0n) is 15.6. The van der Waals surface area contributed by atoms with Gasteiger partial charge >= 0.3 is 6.36 Å². The summed E-state index contributed by atoms with van der Waals surface area (Å²) in [5, 5.41) is 3.40. The number of rotatable bonds is 4. The topological polar surface area (TPSA) is 54.5 Å². The number of benzene rings is 2. The largest absolute Gasteiger partial charge is 0.573 e. The Hall–Kier alpha value is -2.88. The molecular weight excluding hydrogens is 422 g/mol. The maximum Gasteiger partial charge on any atom is 0.573 e. The number of anilines is 2. The number of para-hydroxylation sites is 1. The van der Waals surface area contributed by atoms with Crippen molar-refractivity contribution >= 4 is 38.3 Å². The van der Waals surface area contributed by atoms with Crippen molar-refractivity contribution < 1.29 is 27.1 Å². The Labute approximate surface area is 173 Å². The molecule has 1 aliphatic heterocycles. The number of ether oxygens (including phenoxy) is 1. The summed E-state index contributed by atoms with van der Waals surface area (Å²) in [6, 6.07) is 9.81. The molecule has 3 aromatic rings. The van der Waals surface area contributed by atoms with Crippen molar-refractivity contribution in [2.45, 2.75) is 19.2 Å². The summed E-state index contributed by atoms with van der Waals surface area (Å²) in [5.41, 5.74) is 0.707. The van der Waals surface area contributed by atoms with Crippen molar-refractivity contribution in [2.24, 2.45) is 5.92 Å². The molecule has 0 bridgehead atoms. The van der Waals surface area contributed by atoms with Crippen LogP contribution in [0.1, 0.15) is 12.8 Å². The number of piperidine rings is 1. The maximum absolute atomic E-state index is 13.9. The van der Waals surface area contributed by atoms with Crippen LogP contribution < -0.4 is 15.0 Å². The predicted octanol–water partition coefficient (Wildman–Crippen LogP) is 5.19. The highest BCUT2D eigenvalue weighted by molar-refractivity contribution is 7.22. The zero-order chi connectivity index (χ0) is 21.3. The smallest absolute Gasteiger partial charge is 0.406 e. The number of thiazole rings is 1. The summed E-state index contributed by atoms with van der Waals surface area (Å²) in [7, 11) is 0. The van der Waals surface area contributed by atoms with E-state index in [1.54, 1.807) is 12.1 Å². The minimum Gasteiger partial charge on any atom is -0.406 e. The monoisotopic (exact) mass is 439 g/mol. The minimum atomic E-state index is -4.76. The summed E-state index contributed by atoms with van der Waals surface area (Å²) in [5.74, 6) is -1.27. The number of aromatic nitrogens is 1. The third-order valence-electron chi connectivity index (χ3n) is 4.78. The van der Waals surface area contributed by atoms with Gasteiger partial charge in [-0.25, -0.2) is 9.37 Å². The summed E-state index contributed by atoms with van der Waals surface area (Å²) in [6.07, 6.45) is -3.31. The van der Waals surface area contributed by atoms with Crippen LogP contribution in [0.2, 0.25) is 0 Å². The molecule has 10 heteroatoms. The van der Waals surface area contributed by atoms with Crippen molar-refractivity contribution in [3.63, 3.8) is 0 Å². The van der Waals surface area contributed by atoms with E-state index in [4.69, 9.17) is 0 Å². The number of amides is 1. The Bertz CT molecular complexity index is 1050. The van der Waals surface area contributed by atoms with E-state index in [0.717, 1.165) is 23.3 Å². The molecule has 30 heavy (non-hydrogen) atoms. The van der Waals surface area contributed by atoms with Gasteiger partial charge in [0.25, 0.3) is 0 Å². The number of carbonyl (C=O) groups is 1. The Morgan fingerprint density at radius 1 is 1.20 bits per heavy atom. The molecule has 1 fully saturated rings. The molecule has 158 valence electrons. The molecule has 0 spiro atoms. The molecule has 2 heterocycles. The quantitative estimate of drug-likeness (QED) is 0.569. The van der Waals surface area contributed by atoms with Crippen molar-refractivity contribution in [3.05, 3.63) is 48.3 Å². The van der Waals surface area contributed by atoms with Crippen LogP contribution in [0.4, 0.5) is 28.4 Å². The lowest BCUT2D eigenvalue weighted by Gasteiger charge is -2.31. The SMILES string of the molecule is O=C(Nc1ccc(OC(F)(F)F)cc1)C1CCCN(c2nc3c(F)cccc3s2)C1. The average Bonchev–Trinajstić information content (AvgIpc) is 3.14. The summed E-state index contributed by atoms with van der Waals surface area (Å²) in [6.45, 7) is 1.15. The number of nitrogens with one attached hydrogen (secondary N) is 1. The average molecular weight is 439 g/mol. The molecule has 0 radical (unpaired) electrons. The third kappa shape index (κ3) is 4.64. The highest BCUT2D eigenvalue weighted by atomic mass is 32.1. The number of halogens is 4. The van der Waals surface area contributed by atoms with Gasteiger partial charge in [0.05, 0.1) is 10.6 Å². The Morgan fingerprint density at radius 2 is 1.97 bits per heavy atom. The van der Waals surface area contributed by atoms with Gasteiger partial charge in [0.1, 0.15) is 17.1 Å². The van der Waals surface area contributed by atoms with E-state index in [1.807, 2.05) is 4.90 Å². The van der Waals surface area contributed by atoms with Gasteiger partial charge in [0.15, 0.2) is 5.13 Å². The number of alkyl halides is 3. The van der Waals surface area contributed by atoms with E-state index in [-0.39, 0.29) is 23.4 Å². The molecule has 1 atom stereocenters. The number of hydrogen-bond donors (Lipinski definition) is 1. The maximum atomic E-state index is 13.9. The Morgan fingerprint density at radius 3 is 2.67 bits per heavy atom. The van der Waals surface area contributed by atoms with Crippen LogP contribution in [-0.2, 0) is 4.79 Å². The normalized spacial score (nSPS) is 17.2. The predicted molar refractivity (Wildman–Crippen MR) is 106 cm³/mol. The molecule has 1 saturated heterocycles. The summed E-state index contributed by atoms with van der Waals surface area (Å²) >= 11 is 1.38. The first kappa shape index (κ1) is 20.4. The van der Waals surface area contributed by atoms with Gasteiger partial charge in [-0.1, -0.05) is 17.4 Å². The fraction of sp³-hybridized carbons (Fsp3) is 0.300. The van der Waals surface area contributed by atoms with E-state index in [1.165, 1.54) is 29.5 Å². The molecule has 5 nitrogen and oxygen atoms in total. The Balaban J connectivity index is 1.41. The molecule has 2 aromatic carbocycles. The van der Waals surface area contributed by atoms with Crippen LogP contribution >= 0.6 is 11.3 Å². The second-order valence-corrected chi connectivity index (χ2v) is 7.94. The van der Waals surface area contributed by atoms with Crippen LogP contribution in [0.5, 0.6) is 5.75 Å². The lowest BCUT2D eigenvalue weighted by molar-refractivity contribution is -0.274. The van der Waals surface area contributed by atoms with E-state index in [9.17, 15) is 22.4 Å². The zero-order valence-corrected chi connectivity index (χ0v) is 16.4. The van der Waals surface area contributed by atoms with Crippen LogP contribution in [-0.4, -0.2) is 30.3 Å². The van der Waals surface area contributed by atoms with Crippen molar-refractivity contribution in [2.75, 3.05) is 23.3 Å². The fourth-order valence-corrected chi connectivity index (χ4v) is 4.40. The molecule has 4 rings (SSSR count). The number of hydrogen-bond acceptors (Lipinski definition) is 5. The van der Waals surface area contributed by atoms with Crippen molar-refractivity contribution in [1.29, 1.82) is 0 Å². The number of carbonyl (C=O) groups excluding carboxylic acids is 1. The van der Waals surface area contributed by atoms with Gasteiger partial charge in [0, 0.05) is 18.8 Å². The minimum absolute atomic E-state index is 0.225. The standard InChI is InChI=1S/C20H17F4N3O2S/c21-15-4-1-5-16-17(15)26-19(30-16)27-10-2-3-12(11-27)18(28)25-13-6-8-14(9-7-13)29-20(22,23)24/h1,4-9,12H,2-3,10-11H2,(H,25,28). The highest BCUT2D eigenvalue weighted by Crippen LogP contribution is 2.33. The molecule has 1 N–H and O–H groups in total. The van der Waals surface area contributed by atoms with Crippen molar-refractivity contribution in [3.8, 4) is 5.75 Å². The van der Waals surface area contributed by atoms with Crippen LogP contribution in [0, 0.1) is 11.7 Å². The lowest BCUT2D eigenvalue weighted by Crippen LogP contribution is -2.40. The fourth-order valence-electron chi connectivity index (χ4n) is 3.39. The molecule has 1 unspecified atom stereocenters. The van der Waals surface area contributed by atoms with Crippen LogP contribution in [0.3, 0.4) is 0 Å². The van der Waals surface area contributed by atoms with Gasteiger partial charge < -0.3 is 15.0 Å². The molecule has 1 aromatic heterocycles. The van der Waals surface area contributed by atoms with Gasteiger partial charge in [-0.2, -0.15) is 0 Å². The first-order valence-electron chi connectivity index (χ1n) is 9.25. The van der Waals surface area contributed by atoms with E-state index in [2.05, 4.69) is 15.0 Å². The van der Waals surface area contributed by atoms with Gasteiger partial charge in [-0.3, -0.25) is 4.79 Å². The molecule has 1 aliphatic rings. The van der Waals surface area contributed by atoms with Crippen molar-refractivity contribution in [1.82, 2.24) is 4.98 Å². The Kier molecular flexibility index (Phi) is 5.50. The first-order chi connectivity index (χ1) is 14.3. The van der Waals surface area contributed by atoms with E-state index >= 15 is 0 Å². The first-order valence-corrected chi connectivity index (χ1v) is 10.1.